The van der Waals surface area contributed by atoms with Crippen molar-refractivity contribution in [2.45, 2.75) is 40.0 Å². The summed E-state index contributed by atoms with van der Waals surface area (Å²) in [6.07, 6.45) is 0. The largest absolute Gasteiger partial charge is 0.476 e. The Morgan fingerprint density at radius 2 is 1.84 bits per heavy atom. The van der Waals surface area contributed by atoms with Crippen molar-refractivity contribution in [3.63, 3.8) is 0 Å². The molecule has 0 unspecified atom stereocenters. The maximum atomic E-state index is 6.01. The average molecular weight is 286 g/mol. The van der Waals surface area contributed by atoms with Crippen LogP contribution in [0.4, 0.5) is 0 Å². The predicted octanol–water partition coefficient (Wildman–Crippen LogP) is 3.15. The molecule has 5 heteroatoms. The smallest absolute Gasteiger partial charge is 0.218 e. The highest BCUT2D eigenvalue weighted by atomic mass is 35.5. The Balaban J connectivity index is 2.66. The minimum Gasteiger partial charge on any atom is -0.476 e. The summed E-state index contributed by atoms with van der Waals surface area (Å²) in [5.41, 5.74) is -0.137. The number of hydrogen-bond donors (Lipinski definition) is 0. The first kappa shape index (κ1) is 16.2. The van der Waals surface area contributed by atoms with Gasteiger partial charge in [-0.25, -0.2) is 4.98 Å². The molecule has 0 bridgehead atoms. The van der Waals surface area contributed by atoms with E-state index in [1.54, 1.807) is 6.07 Å². The Morgan fingerprint density at radius 1 is 1.21 bits per heavy atom. The standard InChI is InChI=1S/C14H24ClN3O/c1-6-18(7-2)8-9-19-12-10-11(15)16-13(17-12)14(3,4)5/h10H,6-9H2,1-5H3. The average Bonchev–Trinajstić information content (AvgIpc) is 2.33. The second-order valence-corrected chi connectivity index (χ2v) is 5.87. The van der Waals surface area contributed by atoms with Crippen molar-refractivity contribution in [1.82, 2.24) is 14.9 Å². The molecule has 0 spiro atoms. The zero-order valence-electron chi connectivity index (χ0n) is 12.5. The van der Waals surface area contributed by atoms with E-state index in [0.717, 1.165) is 19.6 Å². The first-order valence-electron chi connectivity index (χ1n) is 6.77. The molecule has 19 heavy (non-hydrogen) atoms. The summed E-state index contributed by atoms with van der Waals surface area (Å²) in [5.74, 6) is 1.26. The SMILES string of the molecule is CCN(CC)CCOc1cc(Cl)nc(C(C)(C)C)n1. The first-order chi connectivity index (χ1) is 8.86. The summed E-state index contributed by atoms with van der Waals surface area (Å²) in [6.45, 7) is 14.0. The van der Waals surface area contributed by atoms with Gasteiger partial charge in [0, 0.05) is 18.0 Å². The lowest BCUT2D eigenvalue weighted by Crippen LogP contribution is -2.28. The Hall–Kier alpha value is -0.870. The Bertz CT molecular complexity index is 400. The molecule has 1 aromatic rings. The van der Waals surface area contributed by atoms with Crippen LogP contribution in [0.1, 0.15) is 40.4 Å². The van der Waals surface area contributed by atoms with Crippen LogP contribution in [0, 0.1) is 0 Å². The molecule has 0 amide bonds. The lowest BCUT2D eigenvalue weighted by atomic mass is 9.96. The maximum Gasteiger partial charge on any atom is 0.218 e. The highest BCUT2D eigenvalue weighted by molar-refractivity contribution is 6.29. The van der Waals surface area contributed by atoms with Crippen LogP contribution in [0.25, 0.3) is 0 Å². The van der Waals surface area contributed by atoms with E-state index in [4.69, 9.17) is 16.3 Å². The first-order valence-corrected chi connectivity index (χ1v) is 7.14. The van der Waals surface area contributed by atoms with Crippen LogP contribution in [-0.2, 0) is 5.41 Å². The van der Waals surface area contributed by atoms with Crippen molar-refractivity contribution in [3.8, 4) is 5.88 Å². The van der Waals surface area contributed by atoms with Gasteiger partial charge >= 0.3 is 0 Å². The predicted molar refractivity (Wildman–Crippen MR) is 79.0 cm³/mol. The molecule has 0 aliphatic rings. The minimum absolute atomic E-state index is 0.137. The molecule has 0 N–H and O–H groups in total. The summed E-state index contributed by atoms with van der Waals surface area (Å²) in [5, 5.41) is 0.428. The molecule has 0 aliphatic heterocycles. The van der Waals surface area contributed by atoms with Crippen molar-refractivity contribution in [1.29, 1.82) is 0 Å². The molecule has 0 aromatic carbocycles. The van der Waals surface area contributed by atoms with Crippen LogP contribution in [-0.4, -0.2) is 41.1 Å². The molecule has 0 saturated heterocycles. The molecule has 1 aromatic heterocycles. The van der Waals surface area contributed by atoms with E-state index in [1.807, 2.05) is 0 Å². The van der Waals surface area contributed by atoms with E-state index in [1.165, 1.54) is 0 Å². The number of aromatic nitrogens is 2. The molecule has 4 nitrogen and oxygen atoms in total. The Kier molecular flexibility index (Phi) is 6.01. The summed E-state index contributed by atoms with van der Waals surface area (Å²) in [4.78, 5) is 11.0. The molecule has 1 heterocycles. The summed E-state index contributed by atoms with van der Waals surface area (Å²) in [6, 6.07) is 1.67. The lowest BCUT2D eigenvalue weighted by molar-refractivity contribution is 0.217. The van der Waals surface area contributed by atoms with Crippen LogP contribution < -0.4 is 4.74 Å². The molecular formula is C14H24ClN3O. The Morgan fingerprint density at radius 3 is 2.37 bits per heavy atom. The second-order valence-electron chi connectivity index (χ2n) is 5.48. The molecule has 0 atom stereocenters. The van der Waals surface area contributed by atoms with Gasteiger partial charge in [-0.2, -0.15) is 4.98 Å². The summed E-state index contributed by atoms with van der Waals surface area (Å²) < 4.78 is 5.68. The van der Waals surface area contributed by atoms with Crippen molar-refractivity contribution in [2.24, 2.45) is 0 Å². The maximum absolute atomic E-state index is 6.01. The zero-order valence-corrected chi connectivity index (χ0v) is 13.3. The van der Waals surface area contributed by atoms with Crippen LogP contribution >= 0.6 is 11.6 Å². The van der Waals surface area contributed by atoms with Crippen LogP contribution in [0.5, 0.6) is 5.88 Å². The molecule has 0 aliphatic carbocycles. The third-order valence-corrected chi connectivity index (χ3v) is 3.09. The van der Waals surface area contributed by atoms with Gasteiger partial charge in [-0.05, 0) is 13.1 Å². The monoisotopic (exact) mass is 285 g/mol. The van der Waals surface area contributed by atoms with Crippen LogP contribution in [0.3, 0.4) is 0 Å². The van der Waals surface area contributed by atoms with E-state index in [0.29, 0.717) is 23.5 Å². The third-order valence-electron chi connectivity index (χ3n) is 2.89. The van der Waals surface area contributed by atoms with Crippen molar-refractivity contribution in [3.05, 3.63) is 17.0 Å². The molecule has 0 radical (unpaired) electrons. The van der Waals surface area contributed by atoms with E-state index in [9.17, 15) is 0 Å². The molecule has 0 saturated carbocycles. The topological polar surface area (TPSA) is 38.2 Å². The number of ether oxygens (including phenoxy) is 1. The van der Waals surface area contributed by atoms with Crippen molar-refractivity contribution >= 4 is 11.6 Å². The fourth-order valence-electron chi connectivity index (χ4n) is 1.63. The quantitative estimate of drug-likeness (QED) is 0.753. The summed E-state index contributed by atoms with van der Waals surface area (Å²) in [7, 11) is 0. The van der Waals surface area contributed by atoms with Gasteiger partial charge in [0.2, 0.25) is 5.88 Å². The number of hydrogen-bond acceptors (Lipinski definition) is 4. The third kappa shape index (κ3) is 5.33. The van der Waals surface area contributed by atoms with E-state index < -0.39 is 0 Å². The number of rotatable bonds is 6. The molecule has 0 fully saturated rings. The normalized spacial score (nSPS) is 11.9. The van der Waals surface area contributed by atoms with Gasteiger partial charge in [0.05, 0.1) is 0 Å². The van der Waals surface area contributed by atoms with Gasteiger partial charge in [-0.15, -0.1) is 0 Å². The molecule has 1 rings (SSSR count). The number of nitrogens with zero attached hydrogens (tertiary/aromatic N) is 3. The second kappa shape index (κ2) is 7.06. The van der Waals surface area contributed by atoms with E-state index in [-0.39, 0.29) is 5.41 Å². The molecular weight excluding hydrogens is 262 g/mol. The van der Waals surface area contributed by atoms with Gasteiger partial charge in [0.25, 0.3) is 0 Å². The van der Waals surface area contributed by atoms with Gasteiger partial charge in [-0.1, -0.05) is 46.2 Å². The van der Waals surface area contributed by atoms with Crippen LogP contribution in [0.15, 0.2) is 6.07 Å². The van der Waals surface area contributed by atoms with Crippen LogP contribution in [0.2, 0.25) is 5.15 Å². The zero-order chi connectivity index (χ0) is 14.5. The lowest BCUT2D eigenvalue weighted by Gasteiger charge is -2.19. The van der Waals surface area contributed by atoms with E-state index in [2.05, 4.69) is 49.5 Å². The minimum atomic E-state index is -0.137. The van der Waals surface area contributed by atoms with Gasteiger partial charge in [-0.3, -0.25) is 0 Å². The van der Waals surface area contributed by atoms with Crippen molar-refractivity contribution < 1.29 is 4.74 Å². The summed E-state index contributed by atoms with van der Waals surface area (Å²) >= 11 is 6.01. The van der Waals surface area contributed by atoms with Gasteiger partial charge in [0.15, 0.2) is 0 Å². The fourth-order valence-corrected chi connectivity index (χ4v) is 1.80. The van der Waals surface area contributed by atoms with E-state index >= 15 is 0 Å². The highest BCUT2D eigenvalue weighted by Gasteiger charge is 2.19. The van der Waals surface area contributed by atoms with Crippen molar-refractivity contribution in [2.75, 3.05) is 26.2 Å². The number of likely N-dealkylation sites (N-methyl/N-ethyl adjacent to an activating group) is 1. The van der Waals surface area contributed by atoms with Gasteiger partial charge in [0.1, 0.15) is 17.6 Å². The molecule has 108 valence electrons. The Labute approximate surface area is 121 Å². The highest BCUT2D eigenvalue weighted by Crippen LogP contribution is 2.23. The number of halogens is 1. The fraction of sp³-hybridized carbons (Fsp3) is 0.714. The van der Waals surface area contributed by atoms with Gasteiger partial charge < -0.3 is 9.64 Å².